The molecule has 0 saturated heterocycles. The molecule has 0 heterocycles. The predicted octanol–water partition coefficient (Wildman–Crippen LogP) is 4.07. The average Bonchev–Trinajstić information content (AvgIpc) is 2.35. The summed E-state index contributed by atoms with van der Waals surface area (Å²) >= 11 is 8.05. The van der Waals surface area contributed by atoms with Gasteiger partial charge in [-0.05, 0) is 34.0 Å². The zero-order valence-electron chi connectivity index (χ0n) is 10.6. The normalized spacial score (nSPS) is 10.7. The van der Waals surface area contributed by atoms with Gasteiger partial charge < -0.3 is 11.1 Å². The van der Waals surface area contributed by atoms with Crippen LogP contribution in [0.15, 0.2) is 16.6 Å². The number of hydrogen-bond acceptors (Lipinski definition) is 2. The van der Waals surface area contributed by atoms with Crippen molar-refractivity contribution in [2.45, 2.75) is 26.7 Å². The van der Waals surface area contributed by atoms with E-state index < -0.39 is 0 Å². The van der Waals surface area contributed by atoms with Crippen molar-refractivity contribution in [3.63, 3.8) is 0 Å². The van der Waals surface area contributed by atoms with Crippen molar-refractivity contribution < 1.29 is 4.39 Å². The summed E-state index contributed by atoms with van der Waals surface area (Å²) in [5.74, 6) is 0.213. The van der Waals surface area contributed by atoms with Crippen LogP contribution in [-0.2, 0) is 0 Å². The van der Waals surface area contributed by atoms with Crippen LogP contribution in [0.5, 0.6) is 0 Å². The Morgan fingerprint density at radius 3 is 2.56 bits per heavy atom. The number of rotatable bonds is 6. The molecule has 0 saturated carbocycles. The first kappa shape index (κ1) is 15.4. The predicted molar refractivity (Wildman–Crippen MR) is 82.5 cm³/mol. The molecule has 5 heteroatoms. The van der Waals surface area contributed by atoms with E-state index in [9.17, 15) is 4.39 Å². The third kappa shape index (κ3) is 3.65. The molecule has 0 atom stereocenters. The molecular weight excluding hydrogens is 315 g/mol. The maximum Gasteiger partial charge on any atom is 0.161 e. The first-order valence-corrected chi connectivity index (χ1v) is 7.23. The lowest BCUT2D eigenvalue weighted by Gasteiger charge is -2.16. The Morgan fingerprint density at radius 2 is 2.06 bits per heavy atom. The molecule has 1 rings (SSSR count). The fourth-order valence-electron chi connectivity index (χ4n) is 1.71. The van der Waals surface area contributed by atoms with E-state index in [0.717, 1.165) is 19.4 Å². The first-order valence-electron chi connectivity index (χ1n) is 6.02. The highest BCUT2D eigenvalue weighted by Gasteiger charge is 2.13. The standard InChI is InChI=1S/C13H18BrFN2S/c1-3-8(4-2)7-17-10-6-5-9(13(16)18)11(14)12(10)15/h5-6,8,17H,3-4,7H2,1-2H3,(H2,16,18). The van der Waals surface area contributed by atoms with Gasteiger partial charge in [0.2, 0.25) is 0 Å². The van der Waals surface area contributed by atoms with Crippen LogP contribution in [0.4, 0.5) is 10.1 Å². The van der Waals surface area contributed by atoms with E-state index in [2.05, 4.69) is 35.1 Å². The number of halogens is 2. The van der Waals surface area contributed by atoms with Gasteiger partial charge in [0, 0.05) is 12.1 Å². The summed E-state index contributed by atoms with van der Waals surface area (Å²) < 4.78 is 14.4. The van der Waals surface area contributed by atoms with E-state index >= 15 is 0 Å². The zero-order chi connectivity index (χ0) is 13.7. The van der Waals surface area contributed by atoms with Crippen LogP contribution < -0.4 is 11.1 Å². The lowest BCUT2D eigenvalue weighted by molar-refractivity contribution is 0.516. The Bertz CT molecular complexity index is 433. The maximum absolute atomic E-state index is 14.1. The highest BCUT2D eigenvalue weighted by molar-refractivity contribution is 9.10. The second-order valence-corrected chi connectivity index (χ2v) is 5.45. The number of thiocarbonyl (C=S) groups is 1. The van der Waals surface area contributed by atoms with Gasteiger partial charge in [0.25, 0.3) is 0 Å². The van der Waals surface area contributed by atoms with E-state index in [1.54, 1.807) is 12.1 Å². The topological polar surface area (TPSA) is 38.0 Å². The van der Waals surface area contributed by atoms with Crippen molar-refractivity contribution >= 4 is 38.8 Å². The molecule has 1 aromatic rings. The van der Waals surface area contributed by atoms with Gasteiger partial charge in [-0.15, -0.1) is 0 Å². The van der Waals surface area contributed by atoms with Crippen LogP contribution in [0.3, 0.4) is 0 Å². The number of anilines is 1. The lowest BCUT2D eigenvalue weighted by Crippen LogP contribution is -2.15. The minimum Gasteiger partial charge on any atom is -0.389 e. The van der Waals surface area contributed by atoms with Crippen molar-refractivity contribution in [1.29, 1.82) is 0 Å². The Kier molecular flexibility index (Phi) is 6.02. The van der Waals surface area contributed by atoms with E-state index in [1.807, 2.05) is 0 Å². The van der Waals surface area contributed by atoms with E-state index in [-0.39, 0.29) is 10.8 Å². The second-order valence-electron chi connectivity index (χ2n) is 4.22. The van der Waals surface area contributed by atoms with Crippen LogP contribution in [0, 0.1) is 11.7 Å². The smallest absolute Gasteiger partial charge is 0.161 e. The van der Waals surface area contributed by atoms with Gasteiger partial charge in [-0.3, -0.25) is 0 Å². The number of nitrogens with one attached hydrogen (secondary N) is 1. The molecular formula is C13H18BrFN2S. The third-order valence-corrected chi connectivity index (χ3v) is 4.08. The van der Waals surface area contributed by atoms with Gasteiger partial charge in [-0.2, -0.15) is 0 Å². The van der Waals surface area contributed by atoms with Gasteiger partial charge in [0.05, 0.1) is 10.2 Å². The molecule has 0 fully saturated rings. The van der Waals surface area contributed by atoms with Crippen molar-refractivity contribution in [3.8, 4) is 0 Å². The van der Waals surface area contributed by atoms with Crippen molar-refractivity contribution in [1.82, 2.24) is 0 Å². The quantitative estimate of drug-likeness (QED) is 0.771. The first-order chi connectivity index (χ1) is 8.51. The molecule has 0 spiro atoms. The molecule has 0 aliphatic heterocycles. The van der Waals surface area contributed by atoms with Gasteiger partial charge in [0.15, 0.2) is 5.82 Å². The number of benzene rings is 1. The Hall–Kier alpha value is -0.680. The van der Waals surface area contributed by atoms with E-state index in [4.69, 9.17) is 18.0 Å². The maximum atomic E-state index is 14.1. The van der Waals surface area contributed by atoms with Crippen LogP contribution >= 0.6 is 28.1 Å². The fourth-order valence-corrected chi connectivity index (χ4v) is 2.57. The molecule has 18 heavy (non-hydrogen) atoms. The van der Waals surface area contributed by atoms with E-state index in [1.165, 1.54) is 0 Å². The molecule has 0 aromatic heterocycles. The van der Waals surface area contributed by atoms with Crippen LogP contribution in [0.25, 0.3) is 0 Å². The minimum atomic E-state index is -0.341. The van der Waals surface area contributed by atoms with Crippen molar-refractivity contribution in [2.75, 3.05) is 11.9 Å². The van der Waals surface area contributed by atoms with Crippen LogP contribution in [0.1, 0.15) is 32.3 Å². The number of nitrogens with two attached hydrogens (primary N) is 1. The van der Waals surface area contributed by atoms with Gasteiger partial charge in [-0.1, -0.05) is 38.9 Å². The largest absolute Gasteiger partial charge is 0.389 e. The Labute approximate surface area is 121 Å². The monoisotopic (exact) mass is 332 g/mol. The molecule has 3 N–H and O–H groups in total. The molecule has 0 amide bonds. The van der Waals surface area contributed by atoms with Gasteiger partial charge in [-0.25, -0.2) is 4.39 Å². The van der Waals surface area contributed by atoms with Crippen molar-refractivity contribution in [2.24, 2.45) is 11.7 Å². The minimum absolute atomic E-state index is 0.187. The Morgan fingerprint density at radius 1 is 1.44 bits per heavy atom. The summed E-state index contributed by atoms with van der Waals surface area (Å²) in [6.07, 6.45) is 2.16. The summed E-state index contributed by atoms with van der Waals surface area (Å²) in [5, 5.41) is 3.13. The summed E-state index contributed by atoms with van der Waals surface area (Å²) in [6, 6.07) is 3.40. The molecule has 100 valence electrons. The molecule has 0 unspecified atom stereocenters. The number of hydrogen-bond donors (Lipinski definition) is 2. The average molecular weight is 333 g/mol. The summed E-state index contributed by atoms with van der Waals surface area (Å²) in [7, 11) is 0. The highest BCUT2D eigenvalue weighted by Crippen LogP contribution is 2.27. The second kappa shape index (κ2) is 7.04. The molecule has 1 aromatic carbocycles. The van der Waals surface area contributed by atoms with E-state index in [0.29, 0.717) is 21.6 Å². The third-order valence-electron chi connectivity index (χ3n) is 3.08. The summed E-state index contributed by atoms with van der Waals surface area (Å²) in [4.78, 5) is 0.187. The van der Waals surface area contributed by atoms with Crippen LogP contribution in [-0.4, -0.2) is 11.5 Å². The Balaban J connectivity index is 2.86. The lowest BCUT2D eigenvalue weighted by atomic mass is 10.0. The van der Waals surface area contributed by atoms with Gasteiger partial charge >= 0.3 is 0 Å². The molecule has 0 bridgehead atoms. The van der Waals surface area contributed by atoms with Crippen molar-refractivity contribution in [3.05, 3.63) is 28.0 Å². The SMILES string of the molecule is CCC(CC)CNc1ccc(C(N)=S)c(Br)c1F. The summed E-state index contributed by atoms with van der Waals surface area (Å²) in [6.45, 7) is 5.04. The molecule has 2 nitrogen and oxygen atoms in total. The molecule has 0 aliphatic rings. The van der Waals surface area contributed by atoms with Gasteiger partial charge in [0.1, 0.15) is 4.99 Å². The molecule has 0 aliphatic carbocycles. The summed E-state index contributed by atoms with van der Waals surface area (Å²) in [5.41, 5.74) is 6.52. The molecule has 0 radical (unpaired) electrons. The zero-order valence-corrected chi connectivity index (χ0v) is 13.0. The highest BCUT2D eigenvalue weighted by atomic mass is 79.9. The van der Waals surface area contributed by atoms with Crippen LogP contribution in [0.2, 0.25) is 0 Å². The fraction of sp³-hybridized carbons (Fsp3) is 0.462.